The molecule has 0 saturated carbocycles. The first-order valence-corrected chi connectivity index (χ1v) is 17.7. The van der Waals surface area contributed by atoms with Crippen molar-refractivity contribution in [1.29, 1.82) is 0 Å². The molecule has 0 aliphatic carbocycles. The first-order chi connectivity index (χ1) is 24.8. The Morgan fingerprint density at radius 3 is 1.72 bits per heavy atom. The maximum atomic E-state index is 6.73. The Hall–Kier alpha value is -6.36. The third-order valence-corrected chi connectivity index (χ3v) is 11.4. The molecule has 12 rings (SSSR count). The molecule has 50 heavy (non-hydrogen) atoms. The lowest BCUT2D eigenvalue weighted by atomic mass is 9.84. The summed E-state index contributed by atoms with van der Waals surface area (Å²) in [5, 5.41) is 14.6. The minimum Gasteiger partial charge on any atom is -0.456 e. The molecule has 0 bridgehead atoms. The zero-order valence-electron chi connectivity index (χ0n) is 26.5. The molecule has 0 unspecified atom stereocenters. The zero-order chi connectivity index (χ0) is 32.5. The minimum atomic E-state index is 0.820. The molecule has 0 spiro atoms. The summed E-state index contributed by atoms with van der Waals surface area (Å²) in [5.41, 5.74) is 9.81. The minimum absolute atomic E-state index is 0.820. The molecule has 8 aromatic carbocycles. The highest BCUT2D eigenvalue weighted by Crippen LogP contribution is 2.50. The van der Waals surface area contributed by atoms with E-state index >= 15 is 0 Å². The van der Waals surface area contributed by atoms with Gasteiger partial charge in [0.15, 0.2) is 0 Å². The molecule has 0 aliphatic heterocycles. The molecule has 232 valence electrons. The fraction of sp³-hybridized carbons (Fsp3) is 0. The van der Waals surface area contributed by atoms with Gasteiger partial charge in [0.05, 0.1) is 5.39 Å². The van der Waals surface area contributed by atoms with Gasteiger partial charge in [-0.15, -0.1) is 11.3 Å². The Balaban J connectivity index is 1.21. The van der Waals surface area contributed by atoms with Crippen molar-refractivity contribution in [2.45, 2.75) is 0 Å². The van der Waals surface area contributed by atoms with E-state index in [9.17, 15) is 0 Å². The average Bonchev–Trinajstić information content (AvgIpc) is 3.94. The summed E-state index contributed by atoms with van der Waals surface area (Å²) < 4.78 is 21.1. The van der Waals surface area contributed by atoms with Gasteiger partial charge in [0.2, 0.25) is 0 Å². The molecule has 0 amide bonds. The topological polar surface area (TPSA) is 39.4 Å². The molecule has 4 heteroatoms. The van der Waals surface area contributed by atoms with Gasteiger partial charge in [-0.1, -0.05) is 91.0 Å². The van der Waals surface area contributed by atoms with E-state index in [2.05, 4.69) is 127 Å². The molecule has 4 heterocycles. The Morgan fingerprint density at radius 2 is 0.980 bits per heavy atom. The second kappa shape index (κ2) is 9.63. The maximum Gasteiger partial charge on any atom is 0.147 e. The molecule has 0 aliphatic rings. The Kier molecular flexibility index (Phi) is 5.12. The van der Waals surface area contributed by atoms with Gasteiger partial charge in [-0.25, -0.2) is 0 Å². The van der Waals surface area contributed by atoms with Gasteiger partial charge < -0.3 is 13.3 Å². The SMILES string of the molecule is c1ccc2c(c1)oc1c2c(-c2c3ccccc3c(-c3ccc4c(c3)oc3cc5ccsc5cc34)c3ccccc23)cc2oc3ccccc3c21. The Bertz CT molecular complexity index is 3330. The van der Waals surface area contributed by atoms with Crippen LogP contribution in [-0.4, -0.2) is 0 Å². The lowest BCUT2D eigenvalue weighted by Crippen LogP contribution is -1.91. The Morgan fingerprint density at radius 1 is 0.380 bits per heavy atom. The zero-order valence-corrected chi connectivity index (χ0v) is 27.3. The van der Waals surface area contributed by atoms with Crippen LogP contribution in [0.25, 0.3) is 120 Å². The van der Waals surface area contributed by atoms with Crippen LogP contribution in [0, 0.1) is 0 Å². The fourth-order valence-corrected chi connectivity index (χ4v) is 9.22. The fourth-order valence-electron chi connectivity index (χ4n) is 8.41. The van der Waals surface area contributed by atoms with E-state index in [1.165, 1.54) is 42.8 Å². The summed E-state index contributed by atoms with van der Waals surface area (Å²) >= 11 is 1.77. The number of fused-ring (bicyclic) bond motifs is 13. The van der Waals surface area contributed by atoms with Crippen LogP contribution in [0.15, 0.2) is 158 Å². The van der Waals surface area contributed by atoms with Gasteiger partial charge in [0.25, 0.3) is 0 Å². The third-order valence-electron chi connectivity index (χ3n) is 10.5. The molecule has 0 radical (unpaired) electrons. The largest absolute Gasteiger partial charge is 0.456 e. The maximum absolute atomic E-state index is 6.73. The molecule has 12 aromatic rings. The van der Waals surface area contributed by atoms with E-state index < -0.39 is 0 Å². The lowest BCUT2D eigenvalue weighted by molar-refractivity contribution is 0.663. The number of para-hydroxylation sites is 2. The van der Waals surface area contributed by atoms with Crippen molar-refractivity contribution in [1.82, 2.24) is 0 Å². The Labute approximate surface area is 288 Å². The average molecular weight is 657 g/mol. The van der Waals surface area contributed by atoms with E-state index in [1.54, 1.807) is 11.3 Å². The van der Waals surface area contributed by atoms with Crippen molar-refractivity contribution in [3.8, 4) is 22.3 Å². The van der Waals surface area contributed by atoms with Crippen LogP contribution in [0.5, 0.6) is 0 Å². The van der Waals surface area contributed by atoms with E-state index in [1.807, 2.05) is 18.2 Å². The summed E-state index contributed by atoms with van der Waals surface area (Å²) in [6.45, 7) is 0. The first-order valence-electron chi connectivity index (χ1n) is 16.8. The van der Waals surface area contributed by atoms with E-state index in [4.69, 9.17) is 13.3 Å². The molecular weight excluding hydrogens is 633 g/mol. The van der Waals surface area contributed by atoms with Gasteiger partial charge in [-0.05, 0) is 103 Å². The summed E-state index contributed by atoms with van der Waals surface area (Å²) in [6.07, 6.45) is 0. The molecule has 0 N–H and O–H groups in total. The summed E-state index contributed by atoms with van der Waals surface area (Å²) in [7, 11) is 0. The normalized spacial score (nSPS) is 12.4. The molecule has 0 saturated heterocycles. The molecule has 0 fully saturated rings. The quantitative estimate of drug-likeness (QED) is 0.174. The molecule has 4 aromatic heterocycles. The first kappa shape index (κ1) is 26.6. The van der Waals surface area contributed by atoms with Crippen molar-refractivity contribution < 1.29 is 13.3 Å². The smallest absolute Gasteiger partial charge is 0.147 e. The summed E-state index contributed by atoms with van der Waals surface area (Å²) in [4.78, 5) is 0. The highest BCUT2D eigenvalue weighted by atomic mass is 32.1. The van der Waals surface area contributed by atoms with Crippen LogP contribution in [0.1, 0.15) is 0 Å². The van der Waals surface area contributed by atoms with Crippen molar-refractivity contribution >= 4 is 109 Å². The molecule has 0 atom stereocenters. The standard InChI is InChI=1S/C46H24O3S/c1-3-11-30-28(9-1)42(26-17-18-27-34-24-41-25(19-20-50-41)21-39(34)48-38(27)22-26)29-10-2-4-12-31(29)43(30)35-23-40-45(33-14-6-7-15-36(33)47-40)46-44(35)32-13-5-8-16-37(32)49-46/h1-24H. The molecule has 3 nitrogen and oxygen atoms in total. The van der Waals surface area contributed by atoms with Gasteiger partial charge in [0, 0.05) is 31.6 Å². The van der Waals surface area contributed by atoms with E-state index in [-0.39, 0.29) is 0 Å². The molecular formula is C46H24O3S. The van der Waals surface area contributed by atoms with E-state index in [0.29, 0.717) is 0 Å². The lowest BCUT2D eigenvalue weighted by Gasteiger charge is -2.18. The second-order valence-corrected chi connectivity index (χ2v) is 14.1. The van der Waals surface area contributed by atoms with Crippen molar-refractivity contribution in [3.63, 3.8) is 0 Å². The van der Waals surface area contributed by atoms with Crippen LogP contribution in [-0.2, 0) is 0 Å². The van der Waals surface area contributed by atoms with Crippen LogP contribution >= 0.6 is 11.3 Å². The number of hydrogen-bond donors (Lipinski definition) is 0. The van der Waals surface area contributed by atoms with E-state index in [0.717, 1.165) is 76.9 Å². The third kappa shape index (κ3) is 3.48. The van der Waals surface area contributed by atoms with Gasteiger partial charge >= 0.3 is 0 Å². The highest BCUT2D eigenvalue weighted by molar-refractivity contribution is 7.17. The number of hydrogen-bond acceptors (Lipinski definition) is 4. The number of furan rings is 3. The van der Waals surface area contributed by atoms with Gasteiger partial charge in [-0.2, -0.15) is 0 Å². The van der Waals surface area contributed by atoms with Crippen LogP contribution in [0.2, 0.25) is 0 Å². The van der Waals surface area contributed by atoms with Crippen LogP contribution in [0.3, 0.4) is 0 Å². The monoisotopic (exact) mass is 656 g/mol. The van der Waals surface area contributed by atoms with Crippen molar-refractivity contribution in [2.24, 2.45) is 0 Å². The highest BCUT2D eigenvalue weighted by Gasteiger charge is 2.24. The summed E-state index contributed by atoms with van der Waals surface area (Å²) in [6, 6.07) is 49.7. The van der Waals surface area contributed by atoms with Gasteiger partial charge in [-0.3, -0.25) is 0 Å². The van der Waals surface area contributed by atoms with Crippen molar-refractivity contribution in [3.05, 3.63) is 145 Å². The van der Waals surface area contributed by atoms with Crippen molar-refractivity contribution in [2.75, 3.05) is 0 Å². The predicted molar refractivity (Wildman–Crippen MR) is 210 cm³/mol. The second-order valence-electron chi connectivity index (χ2n) is 13.2. The number of rotatable bonds is 2. The van der Waals surface area contributed by atoms with Crippen LogP contribution < -0.4 is 0 Å². The van der Waals surface area contributed by atoms with Crippen LogP contribution in [0.4, 0.5) is 0 Å². The number of benzene rings is 8. The predicted octanol–water partition coefficient (Wildman–Crippen LogP) is 14.2. The summed E-state index contributed by atoms with van der Waals surface area (Å²) in [5.74, 6) is 0. The van der Waals surface area contributed by atoms with Gasteiger partial charge in [0.1, 0.15) is 33.5 Å². The number of thiophene rings is 1.